The van der Waals surface area contributed by atoms with Crippen molar-refractivity contribution in [3.63, 3.8) is 0 Å². The van der Waals surface area contributed by atoms with Crippen LogP contribution in [0.15, 0.2) is 28.2 Å². The lowest BCUT2D eigenvalue weighted by molar-refractivity contribution is -0.256. The van der Waals surface area contributed by atoms with Crippen LogP contribution in [0.2, 0.25) is 0 Å². The number of carbonyl (C=O) groups excluding carboxylic acids is 3. The zero-order valence-electron chi connectivity index (χ0n) is 21.4. The molecule has 228 valence electrons. The number of imide groups is 1. The molecule has 19 heteroatoms. The smallest absolute Gasteiger partial charge is 0.417 e. The predicted molar refractivity (Wildman–Crippen MR) is 127 cm³/mol. The highest BCUT2D eigenvalue weighted by Crippen LogP contribution is 2.46. The summed E-state index contributed by atoms with van der Waals surface area (Å²) in [5.74, 6) is -7.69. The van der Waals surface area contributed by atoms with Crippen molar-refractivity contribution in [3.05, 3.63) is 34.9 Å². The number of alkyl halides is 6. The molecule has 4 aliphatic heterocycles. The van der Waals surface area contributed by atoms with Crippen molar-refractivity contribution in [3.8, 4) is 0 Å². The standard InChI is InChI=1S/C23H23F6N7O6/c1-8-4-14(37)35(16(8)38)6-12-15-20(34-18(30)33-15)21(40,41)13(7-36(20)19(31)32-12)42-17(39)10-5-9(22(24,25)26)2-3-11(10)23(27,28)29/h2-3,5,8,12-13,15,40-41H,4,6-7H2,1H3,(H2,31,32)(H3,30,33,34)/t8?,12?,13-,15-,20-/m0/s1. The number of nitrogens with two attached hydrogens (primary N) is 2. The molecule has 5 atom stereocenters. The number of halogens is 6. The van der Waals surface area contributed by atoms with E-state index in [1.807, 2.05) is 0 Å². The summed E-state index contributed by atoms with van der Waals surface area (Å²) in [6.07, 6.45) is -12.6. The summed E-state index contributed by atoms with van der Waals surface area (Å²) in [5, 5.41) is 25.3. The highest BCUT2D eigenvalue weighted by Gasteiger charge is 2.74. The predicted octanol–water partition coefficient (Wildman–Crippen LogP) is -0.679. The fraction of sp³-hybridized carbons (Fsp3) is 0.522. The number of rotatable bonds is 4. The van der Waals surface area contributed by atoms with E-state index in [9.17, 15) is 50.9 Å². The molecule has 42 heavy (non-hydrogen) atoms. The number of aliphatic hydroxyl groups is 2. The number of nitrogens with zero attached hydrogens (tertiary/aromatic N) is 4. The number of esters is 1. The normalized spacial score (nSPS) is 30.5. The Morgan fingerprint density at radius 1 is 1.14 bits per heavy atom. The molecule has 2 saturated heterocycles. The number of nitrogens with one attached hydrogen (secondary N) is 1. The molecule has 4 heterocycles. The molecule has 7 N–H and O–H groups in total. The molecule has 1 aromatic carbocycles. The third kappa shape index (κ3) is 4.29. The summed E-state index contributed by atoms with van der Waals surface area (Å²) in [5.41, 5.74) is 4.78. The van der Waals surface area contributed by atoms with Crippen molar-refractivity contribution in [1.29, 1.82) is 0 Å². The molecule has 1 spiro atoms. The van der Waals surface area contributed by atoms with Crippen molar-refractivity contribution in [2.75, 3.05) is 13.1 Å². The van der Waals surface area contributed by atoms with Crippen molar-refractivity contribution in [2.24, 2.45) is 27.4 Å². The highest BCUT2D eigenvalue weighted by molar-refractivity contribution is 6.03. The van der Waals surface area contributed by atoms with Crippen molar-refractivity contribution in [2.45, 2.75) is 55.3 Å². The molecular weight excluding hydrogens is 584 g/mol. The second-order valence-corrected chi connectivity index (χ2v) is 10.3. The molecule has 5 rings (SSSR count). The van der Waals surface area contributed by atoms with E-state index < -0.39 is 101 Å². The van der Waals surface area contributed by atoms with Crippen LogP contribution >= 0.6 is 0 Å². The number of carbonyl (C=O) groups is 3. The van der Waals surface area contributed by atoms with Gasteiger partial charge in [0.2, 0.25) is 17.6 Å². The van der Waals surface area contributed by atoms with Crippen LogP contribution in [-0.4, -0.2) is 92.4 Å². The van der Waals surface area contributed by atoms with E-state index in [-0.39, 0.29) is 30.6 Å². The van der Waals surface area contributed by atoms with Gasteiger partial charge in [-0.3, -0.25) is 14.5 Å². The molecule has 0 aromatic heterocycles. The Kier molecular flexibility index (Phi) is 6.42. The minimum Gasteiger partial charge on any atom is -0.451 e. The molecule has 1 aromatic rings. The van der Waals surface area contributed by atoms with Gasteiger partial charge < -0.3 is 36.6 Å². The van der Waals surface area contributed by atoms with Gasteiger partial charge in [0.15, 0.2) is 23.7 Å². The first-order valence-corrected chi connectivity index (χ1v) is 12.3. The molecule has 2 fully saturated rings. The Bertz CT molecular complexity index is 1430. The van der Waals surface area contributed by atoms with Crippen LogP contribution in [0.5, 0.6) is 0 Å². The Morgan fingerprint density at radius 3 is 2.38 bits per heavy atom. The lowest BCUT2D eigenvalue weighted by atomic mass is 9.85. The van der Waals surface area contributed by atoms with Gasteiger partial charge in [-0.15, -0.1) is 0 Å². The minimum absolute atomic E-state index is 0.0568. The van der Waals surface area contributed by atoms with E-state index in [0.29, 0.717) is 0 Å². The van der Waals surface area contributed by atoms with Crippen LogP contribution < -0.4 is 16.8 Å². The van der Waals surface area contributed by atoms with Crippen LogP contribution in [0.3, 0.4) is 0 Å². The van der Waals surface area contributed by atoms with Crippen LogP contribution in [0, 0.1) is 5.92 Å². The third-order valence-corrected chi connectivity index (χ3v) is 7.71. The van der Waals surface area contributed by atoms with E-state index >= 15 is 0 Å². The number of hydrogen-bond donors (Lipinski definition) is 5. The summed E-state index contributed by atoms with van der Waals surface area (Å²) >= 11 is 0. The SMILES string of the molecule is CC1CC(=O)N(CC2N=C(N)N3C[C@H](OC(=O)c4cc(C(F)(F)F)ccc4C(F)(F)F)C(O)(O)[C@@]34NC(N)=N[C@@H]24)C1=O. The van der Waals surface area contributed by atoms with Crippen LogP contribution in [-0.2, 0) is 26.7 Å². The molecule has 2 unspecified atom stereocenters. The maximum absolute atomic E-state index is 13.6. The first-order valence-electron chi connectivity index (χ1n) is 12.3. The summed E-state index contributed by atoms with van der Waals surface area (Å²) in [6.45, 7) is 0.402. The lowest BCUT2D eigenvalue weighted by Gasteiger charge is -2.48. The maximum Gasteiger partial charge on any atom is 0.417 e. The molecule has 13 nitrogen and oxygen atoms in total. The number of aliphatic imine (C=N–C) groups is 2. The van der Waals surface area contributed by atoms with Crippen LogP contribution in [0.25, 0.3) is 0 Å². The van der Waals surface area contributed by atoms with Gasteiger partial charge in [0.05, 0.1) is 35.8 Å². The van der Waals surface area contributed by atoms with Gasteiger partial charge in [-0.2, -0.15) is 26.3 Å². The van der Waals surface area contributed by atoms with Crippen molar-refractivity contribution in [1.82, 2.24) is 15.1 Å². The van der Waals surface area contributed by atoms with Gasteiger partial charge in [0.25, 0.3) is 0 Å². The number of hydrogen-bond acceptors (Lipinski definition) is 12. The Hall–Kier alpha value is -4.13. The van der Waals surface area contributed by atoms with Crippen LogP contribution in [0.1, 0.15) is 34.8 Å². The lowest BCUT2D eigenvalue weighted by Crippen LogP contribution is -2.77. The molecule has 2 amide bonds. The highest BCUT2D eigenvalue weighted by atomic mass is 19.4. The van der Waals surface area contributed by atoms with E-state index in [1.165, 1.54) is 6.92 Å². The fourth-order valence-corrected chi connectivity index (χ4v) is 5.73. The van der Waals surface area contributed by atoms with Gasteiger partial charge in [0.1, 0.15) is 6.04 Å². The van der Waals surface area contributed by atoms with Gasteiger partial charge in [-0.05, 0) is 18.2 Å². The van der Waals surface area contributed by atoms with Gasteiger partial charge in [-0.1, -0.05) is 6.92 Å². The molecule has 4 aliphatic rings. The number of amides is 2. The van der Waals surface area contributed by atoms with E-state index in [4.69, 9.17) is 16.2 Å². The molecule has 0 aliphatic carbocycles. The average Bonchev–Trinajstić information content (AvgIpc) is 3.43. The number of likely N-dealkylation sites (tertiary alicyclic amines) is 1. The van der Waals surface area contributed by atoms with E-state index in [1.54, 1.807) is 0 Å². The van der Waals surface area contributed by atoms with Gasteiger partial charge in [-0.25, -0.2) is 14.8 Å². The first-order chi connectivity index (χ1) is 19.3. The number of ether oxygens (including phenoxy) is 1. The first kappa shape index (κ1) is 29.4. The third-order valence-electron chi connectivity index (χ3n) is 7.71. The fourth-order valence-electron chi connectivity index (χ4n) is 5.73. The monoisotopic (exact) mass is 607 g/mol. The Labute approximate surface area is 231 Å². The summed E-state index contributed by atoms with van der Waals surface area (Å²) in [7, 11) is 0. The number of benzene rings is 1. The van der Waals surface area contributed by atoms with Gasteiger partial charge in [0, 0.05) is 12.3 Å². The molecule has 0 radical (unpaired) electrons. The zero-order valence-corrected chi connectivity index (χ0v) is 21.4. The quantitative estimate of drug-likeness (QED) is 0.127. The Balaban J connectivity index is 1.49. The topological polar surface area (TPSA) is 196 Å². The van der Waals surface area contributed by atoms with Gasteiger partial charge >= 0.3 is 18.3 Å². The average molecular weight is 607 g/mol. The second kappa shape index (κ2) is 9.18. The van der Waals surface area contributed by atoms with Crippen molar-refractivity contribution >= 4 is 29.7 Å². The zero-order chi connectivity index (χ0) is 31.2. The number of guanidine groups is 2. The Morgan fingerprint density at radius 2 is 1.81 bits per heavy atom. The van der Waals surface area contributed by atoms with Crippen LogP contribution in [0.4, 0.5) is 26.3 Å². The second-order valence-electron chi connectivity index (χ2n) is 10.3. The van der Waals surface area contributed by atoms with Crippen molar-refractivity contribution < 1.29 is 55.7 Å². The van der Waals surface area contributed by atoms with E-state index in [0.717, 1.165) is 9.80 Å². The molecule has 0 bridgehead atoms. The maximum atomic E-state index is 13.6. The summed E-state index contributed by atoms with van der Waals surface area (Å²) in [6, 6.07) is -2.48. The van der Waals surface area contributed by atoms with E-state index in [2.05, 4.69) is 15.3 Å². The summed E-state index contributed by atoms with van der Waals surface area (Å²) in [4.78, 5) is 48.0. The molecule has 0 saturated carbocycles. The minimum atomic E-state index is -5.27. The largest absolute Gasteiger partial charge is 0.451 e. The summed E-state index contributed by atoms with van der Waals surface area (Å²) < 4.78 is 85.5. The molecular formula is C23H23F6N7O6.